The van der Waals surface area contributed by atoms with Gasteiger partial charge in [-0.05, 0) is 17.5 Å². The second-order valence-electron chi connectivity index (χ2n) is 3.05. The van der Waals surface area contributed by atoms with Crippen LogP contribution >= 0.6 is 0 Å². The molecule has 2 N–H and O–H groups in total. The fraction of sp³-hybridized carbons (Fsp3) is 0.333. The molecule has 12 heavy (non-hydrogen) atoms. The molecule has 1 rings (SSSR count). The van der Waals surface area contributed by atoms with Gasteiger partial charge in [0.15, 0.2) is 0 Å². The van der Waals surface area contributed by atoms with Gasteiger partial charge in [0.25, 0.3) is 0 Å². The van der Waals surface area contributed by atoms with E-state index in [1.807, 2.05) is 13.8 Å². The first-order valence-electron chi connectivity index (χ1n) is 3.76. The van der Waals surface area contributed by atoms with Crippen LogP contribution in [0.2, 0.25) is 0 Å². The van der Waals surface area contributed by atoms with Crippen LogP contribution in [0.4, 0.5) is 14.5 Å². The van der Waals surface area contributed by atoms with Crippen molar-refractivity contribution in [2.24, 2.45) is 0 Å². The molecule has 0 aliphatic heterocycles. The zero-order chi connectivity index (χ0) is 9.30. The average Bonchev–Trinajstić information content (AvgIpc) is 1.96. The third-order valence-corrected chi connectivity index (χ3v) is 1.75. The summed E-state index contributed by atoms with van der Waals surface area (Å²) in [5.41, 5.74) is 5.98. The highest BCUT2D eigenvalue weighted by Crippen LogP contribution is 2.25. The van der Waals surface area contributed by atoms with E-state index >= 15 is 0 Å². The Kier molecular flexibility index (Phi) is 2.31. The molecular formula is C9H11F2N. The van der Waals surface area contributed by atoms with Gasteiger partial charge in [0.05, 0.1) is 5.69 Å². The highest BCUT2D eigenvalue weighted by molar-refractivity contribution is 5.49. The molecule has 1 nitrogen and oxygen atoms in total. The van der Waals surface area contributed by atoms with Gasteiger partial charge in [-0.2, -0.15) is 0 Å². The molecule has 0 spiro atoms. The van der Waals surface area contributed by atoms with Crippen molar-refractivity contribution in [1.82, 2.24) is 0 Å². The van der Waals surface area contributed by atoms with Crippen LogP contribution in [0.25, 0.3) is 0 Å². The lowest BCUT2D eigenvalue weighted by Crippen LogP contribution is -2.00. The molecule has 3 heteroatoms. The summed E-state index contributed by atoms with van der Waals surface area (Å²) in [4.78, 5) is 0. The number of anilines is 1. The summed E-state index contributed by atoms with van der Waals surface area (Å²) >= 11 is 0. The second kappa shape index (κ2) is 3.09. The maximum atomic E-state index is 12.8. The molecule has 0 unspecified atom stereocenters. The molecule has 0 saturated carbocycles. The Morgan fingerprint density at radius 2 is 1.83 bits per heavy atom. The van der Waals surface area contributed by atoms with Crippen molar-refractivity contribution in [3.05, 3.63) is 29.3 Å². The molecule has 0 amide bonds. The predicted molar refractivity (Wildman–Crippen MR) is 44.9 cm³/mol. The van der Waals surface area contributed by atoms with Gasteiger partial charge in [0, 0.05) is 6.07 Å². The highest BCUT2D eigenvalue weighted by Gasteiger charge is 2.10. The van der Waals surface area contributed by atoms with Crippen molar-refractivity contribution in [2.75, 3.05) is 5.73 Å². The maximum absolute atomic E-state index is 12.8. The number of halogens is 2. The summed E-state index contributed by atoms with van der Waals surface area (Å²) in [6, 6.07) is 2.06. The molecule has 0 bridgehead atoms. The van der Waals surface area contributed by atoms with Crippen molar-refractivity contribution in [2.45, 2.75) is 19.8 Å². The van der Waals surface area contributed by atoms with E-state index in [1.165, 1.54) is 6.07 Å². The monoisotopic (exact) mass is 171 g/mol. The molecule has 0 aromatic heterocycles. The SMILES string of the molecule is CC(C)c1cc(F)cc(F)c1N. The fourth-order valence-electron chi connectivity index (χ4n) is 1.08. The first-order valence-corrected chi connectivity index (χ1v) is 3.76. The molecular weight excluding hydrogens is 160 g/mol. The largest absolute Gasteiger partial charge is 0.396 e. The van der Waals surface area contributed by atoms with Crippen molar-refractivity contribution in [3.8, 4) is 0 Å². The molecule has 0 saturated heterocycles. The van der Waals surface area contributed by atoms with E-state index in [2.05, 4.69) is 0 Å². The normalized spacial score (nSPS) is 10.8. The Morgan fingerprint density at radius 1 is 1.25 bits per heavy atom. The summed E-state index contributed by atoms with van der Waals surface area (Å²) in [5, 5.41) is 0. The highest BCUT2D eigenvalue weighted by atomic mass is 19.1. The molecule has 0 aliphatic carbocycles. The Labute approximate surface area is 70.2 Å². The predicted octanol–water partition coefficient (Wildman–Crippen LogP) is 2.67. The van der Waals surface area contributed by atoms with E-state index in [1.54, 1.807) is 0 Å². The van der Waals surface area contributed by atoms with E-state index in [-0.39, 0.29) is 11.6 Å². The topological polar surface area (TPSA) is 26.0 Å². The van der Waals surface area contributed by atoms with Gasteiger partial charge in [-0.1, -0.05) is 13.8 Å². The molecule has 66 valence electrons. The van der Waals surface area contributed by atoms with E-state index < -0.39 is 11.6 Å². The lowest BCUT2D eigenvalue weighted by atomic mass is 10.0. The zero-order valence-corrected chi connectivity index (χ0v) is 7.07. The third kappa shape index (κ3) is 1.55. The average molecular weight is 171 g/mol. The van der Waals surface area contributed by atoms with Crippen LogP contribution < -0.4 is 5.73 Å². The maximum Gasteiger partial charge on any atom is 0.149 e. The van der Waals surface area contributed by atoms with Crippen LogP contribution in [0.15, 0.2) is 12.1 Å². The van der Waals surface area contributed by atoms with Crippen molar-refractivity contribution in [1.29, 1.82) is 0 Å². The van der Waals surface area contributed by atoms with Crippen LogP contribution in [0.5, 0.6) is 0 Å². The molecule has 0 heterocycles. The van der Waals surface area contributed by atoms with Crippen LogP contribution in [-0.4, -0.2) is 0 Å². The number of hydrogen-bond acceptors (Lipinski definition) is 1. The van der Waals surface area contributed by atoms with Gasteiger partial charge in [0.2, 0.25) is 0 Å². The van der Waals surface area contributed by atoms with E-state index in [0.29, 0.717) is 5.56 Å². The van der Waals surface area contributed by atoms with Crippen LogP contribution in [-0.2, 0) is 0 Å². The molecule has 1 aromatic carbocycles. The van der Waals surface area contributed by atoms with E-state index in [9.17, 15) is 8.78 Å². The number of nitrogens with two attached hydrogens (primary N) is 1. The standard InChI is InChI=1S/C9H11F2N/c1-5(2)7-3-6(10)4-8(11)9(7)12/h3-5H,12H2,1-2H3. The molecule has 0 fully saturated rings. The quantitative estimate of drug-likeness (QED) is 0.646. The number of nitrogen functional groups attached to an aromatic ring is 1. The van der Waals surface area contributed by atoms with E-state index in [0.717, 1.165) is 6.07 Å². The first-order chi connectivity index (χ1) is 5.52. The first kappa shape index (κ1) is 8.97. The third-order valence-electron chi connectivity index (χ3n) is 1.75. The second-order valence-corrected chi connectivity index (χ2v) is 3.05. The van der Waals surface area contributed by atoms with Gasteiger partial charge in [-0.25, -0.2) is 8.78 Å². The minimum absolute atomic E-state index is 0.0372. The Hall–Kier alpha value is -1.12. The zero-order valence-electron chi connectivity index (χ0n) is 7.07. The number of rotatable bonds is 1. The molecule has 0 aliphatic rings. The minimum atomic E-state index is -0.682. The van der Waals surface area contributed by atoms with Crippen molar-refractivity contribution < 1.29 is 8.78 Å². The smallest absolute Gasteiger partial charge is 0.149 e. The lowest BCUT2D eigenvalue weighted by Gasteiger charge is -2.09. The number of benzene rings is 1. The molecule has 1 aromatic rings. The van der Waals surface area contributed by atoms with Gasteiger partial charge in [-0.3, -0.25) is 0 Å². The molecule has 0 radical (unpaired) electrons. The Morgan fingerprint density at radius 3 is 2.33 bits per heavy atom. The molecule has 0 atom stereocenters. The Bertz CT molecular complexity index is 295. The summed E-state index contributed by atoms with van der Waals surface area (Å²) in [6.45, 7) is 3.68. The van der Waals surface area contributed by atoms with Gasteiger partial charge in [0.1, 0.15) is 11.6 Å². The number of hydrogen-bond donors (Lipinski definition) is 1. The van der Waals surface area contributed by atoms with E-state index in [4.69, 9.17) is 5.73 Å². The van der Waals surface area contributed by atoms with Crippen molar-refractivity contribution >= 4 is 5.69 Å². The van der Waals surface area contributed by atoms with Gasteiger partial charge >= 0.3 is 0 Å². The van der Waals surface area contributed by atoms with Crippen LogP contribution in [0, 0.1) is 11.6 Å². The summed E-state index contributed by atoms with van der Waals surface area (Å²) in [5.74, 6) is -1.22. The van der Waals surface area contributed by atoms with Gasteiger partial charge in [-0.15, -0.1) is 0 Å². The van der Waals surface area contributed by atoms with Crippen LogP contribution in [0.3, 0.4) is 0 Å². The lowest BCUT2D eigenvalue weighted by molar-refractivity contribution is 0.580. The fourth-order valence-corrected chi connectivity index (χ4v) is 1.08. The van der Waals surface area contributed by atoms with Gasteiger partial charge < -0.3 is 5.73 Å². The van der Waals surface area contributed by atoms with Crippen LogP contribution in [0.1, 0.15) is 25.3 Å². The van der Waals surface area contributed by atoms with Crippen molar-refractivity contribution in [3.63, 3.8) is 0 Å². The Balaban J connectivity index is 3.28. The summed E-state index contributed by atoms with van der Waals surface area (Å²) in [7, 11) is 0. The summed E-state index contributed by atoms with van der Waals surface area (Å²) in [6.07, 6.45) is 0. The minimum Gasteiger partial charge on any atom is -0.396 e. The summed E-state index contributed by atoms with van der Waals surface area (Å²) < 4.78 is 25.5.